The first kappa shape index (κ1) is 18.1. The number of pyridine rings is 1. The summed E-state index contributed by atoms with van der Waals surface area (Å²) in [5.74, 6) is 0.494. The average molecular weight is 397 g/mol. The lowest BCUT2D eigenvalue weighted by Gasteiger charge is -2.07. The van der Waals surface area contributed by atoms with Gasteiger partial charge in [-0.1, -0.05) is 29.8 Å². The number of allylic oxidation sites excluding steroid dienone is 1. The Morgan fingerprint density at radius 1 is 1.13 bits per heavy atom. The zero-order valence-corrected chi connectivity index (χ0v) is 16.6. The molecule has 6 nitrogen and oxygen atoms in total. The van der Waals surface area contributed by atoms with Crippen molar-refractivity contribution in [3.05, 3.63) is 82.8 Å². The smallest absolute Gasteiger partial charge is 0.336 e. The van der Waals surface area contributed by atoms with Gasteiger partial charge in [0.1, 0.15) is 11.3 Å². The summed E-state index contributed by atoms with van der Waals surface area (Å²) in [6.45, 7) is 2.04. The molecular weight excluding hydrogens is 378 g/mol. The first-order chi connectivity index (χ1) is 14.5. The van der Waals surface area contributed by atoms with E-state index in [0.717, 1.165) is 33.5 Å². The highest BCUT2D eigenvalue weighted by atomic mass is 16.5. The molecule has 0 bridgehead atoms. The Kier molecular flexibility index (Phi) is 4.13. The molecule has 0 atom stereocenters. The predicted molar refractivity (Wildman–Crippen MR) is 115 cm³/mol. The van der Waals surface area contributed by atoms with Crippen molar-refractivity contribution in [2.45, 2.75) is 13.3 Å². The summed E-state index contributed by atoms with van der Waals surface area (Å²) < 4.78 is 7.93. The van der Waals surface area contributed by atoms with Crippen LogP contribution in [0.15, 0.2) is 54.7 Å². The van der Waals surface area contributed by atoms with Crippen molar-refractivity contribution in [3.63, 3.8) is 0 Å². The Balaban J connectivity index is 1.57. The Labute approximate surface area is 173 Å². The van der Waals surface area contributed by atoms with E-state index < -0.39 is 5.97 Å². The van der Waals surface area contributed by atoms with Gasteiger partial charge in [0.05, 0.1) is 17.0 Å². The summed E-state index contributed by atoms with van der Waals surface area (Å²) >= 11 is 0. The molecule has 2 aromatic carbocycles. The van der Waals surface area contributed by atoms with E-state index in [1.54, 1.807) is 6.07 Å². The number of carboxylic acids is 1. The molecule has 4 aromatic rings. The molecule has 148 valence electrons. The van der Waals surface area contributed by atoms with Gasteiger partial charge in [0, 0.05) is 25.1 Å². The molecule has 30 heavy (non-hydrogen) atoms. The highest BCUT2D eigenvalue weighted by Crippen LogP contribution is 2.38. The Bertz CT molecular complexity index is 1330. The van der Waals surface area contributed by atoms with Gasteiger partial charge < -0.3 is 9.84 Å². The molecule has 1 aliphatic rings. The highest BCUT2D eigenvalue weighted by molar-refractivity contribution is 6.01. The first-order valence-corrected chi connectivity index (χ1v) is 9.63. The number of benzene rings is 2. The number of fused-ring (bicyclic) bond motifs is 2. The lowest BCUT2D eigenvalue weighted by molar-refractivity contribution is 0.0695. The SMILES string of the molecule is Cc1ccc(Oc2cccc3c(C4=Cc5nccc(C(=O)O)c5C4)n(C)nc23)cc1. The van der Waals surface area contributed by atoms with E-state index in [-0.39, 0.29) is 0 Å². The Hall–Kier alpha value is -3.93. The van der Waals surface area contributed by atoms with Gasteiger partial charge in [0.25, 0.3) is 0 Å². The second kappa shape index (κ2) is 6.84. The largest absolute Gasteiger partial charge is 0.478 e. The molecule has 6 heteroatoms. The number of carbonyl (C=O) groups is 1. The number of nitrogens with zero attached hydrogens (tertiary/aromatic N) is 3. The topological polar surface area (TPSA) is 77.2 Å². The van der Waals surface area contributed by atoms with Gasteiger partial charge in [-0.2, -0.15) is 5.10 Å². The van der Waals surface area contributed by atoms with Gasteiger partial charge in [-0.15, -0.1) is 0 Å². The molecule has 2 heterocycles. The van der Waals surface area contributed by atoms with Crippen LogP contribution in [0.3, 0.4) is 0 Å². The quantitative estimate of drug-likeness (QED) is 0.532. The minimum Gasteiger partial charge on any atom is -0.478 e. The van der Waals surface area contributed by atoms with E-state index in [1.807, 2.05) is 67.2 Å². The summed E-state index contributed by atoms with van der Waals surface area (Å²) in [5.41, 5.74) is 5.59. The zero-order valence-electron chi connectivity index (χ0n) is 16.6. The van der Waals surface area contributed by atoms with E-state index in [4.69, 9.17) is 9.84 Å². The van der Waals surface area contributed by atoms with Crippen molar-refractivity contribution in [1.82, 2.24) is 14.8 Å². The number of aryl methyl sites for hydroxylation is 2. The van der Waals surface area contributed by atoms with Gasteiger partial charge in [-0.05, 0) is 48.4 Å². The number of aromatic nitrogens is 3. The van der Waals surface area contributed by atoms with Gasteiger partial charge in [-0.3, -0.25) is 9.67 Å². The zero-order chi connectivity index (χ0) is 20.8. The maximum atomic E-state index is 11.6. The molecule has 0 amide bonds. The van der Waals surface area contributed by atoms with Crippen molar-refractivity contribution in [2.24, 2.45) is 7.05 Å². The van der Waals surface area contributed by atoms with Crippen molar-refractivity contribution < 1.29 is 14.6 Å². The van der Waals surface area contributed by atoms with Crippen molar-refractivity contribution in [1.29, 1.82) is 0 Å². The van der Waals surface area contributed by atoms with Gasteiger partial charge >= 0.3 is 5.97 Å². The van der Waals surface area contributed by atoms with Crippen LogP contribution in [0.1, 0.15) is 32.9 Å². The van der Waals surface area contributed by atoms with Crippen LogP contribution in [0, 0.1) is 6.92 Å². The van der Waals surface area contributed by atoms with Crippen molar-refractivity contribution in [2.75, 3.05) is 0 Å². The fourth-order valence-electron chi connectivity index (χ4n) is 3.97. The normalized spacial score (nSPS) is 12.7. The highest BCUT2D eigenvalue weighted by Gasteiger charge is 2.25. The van der Waals surface area contributed by atoms with Crippen molar-refractivity contribution in [3.8, 4) is 11.5 Å². The van der Waals surface area contributed by atoms with Gasteiger partial charge in [0.15, 0.2) is 5.75 Å². The van der Waals surface area contributed by atoms with Gasteiger partial charge in [-0.25, -0.2) is 4.79 Å². The summed E-state index contributed by atoms with van der Waals surface area (Å²) in [7, 11) is 1.89. The van der Waals surface area contributed by atoms with E-state index in [9.17, 15) is 9.90 Å². The third-order valence-electron chi connectivity index (χ3n) is 5.38. The minimum absolute atomic E-state index is 0.293. The van der Waals surface area contributed by atoms with Gasteiger partial charge in [0.2, 0.25) is 0 Å². The third kappa shape index (κ3) is 2.93. The summed E-state index contributed by atoms with van der Waals surface area (Å²) in [4.78, 5) is 15.9. The van der Waals surface area contributed by atoms with E-state index in [0.29, 0.717) is 23.4 Å². The van der Waals surface area contributed by atoms with E-state index in [1.165, 1.54) is 11.8 Å². The molecule has 0 fully saturated rings. The third-order valence-corrected chi connectivity index (χ3v) is 5.38. The molecule has 0 aliphatic heterocycles. The molecule has 2 aromatic heterocycles. The lowest BCUT2D eigenvalue weighted by atomic mass is 10.0. The van der Waals surface area contributed by atoms with Crippen LogP contribution in [-0.4, -0.2) is 25.8 Å². The molecular formula is C24H19N3O3. The van der Waals surface area contributed by atoms with Crippen LogP contribution in [-0.2, 0) is 13.5 Å². The molecule has 0 saturated carbocycles. The molecule has 0 radical (unpaired) electrons. The summed E-state index contributed by atoms with van der Waals surface area (Å²) in [5, 5.41) is 15.2. The molecule has 5 rings (SSSR count). The summed E-state index contributed by atoms with van der Waals surface area (Å²) in [6, 6.07) is 15.3. The number of rotatable bonds is 4. The maximum absolute atomic E-state index is 11.6. The van der Waals surface area contributed by atoms with Crippen LogP contribution in [0.2, 0.25) is 0 Å². The number of carboxylic acid groups (broad SMARTS) is 1. The van der Waals surface area contributed by atoms with E-state index in [2.05, 4.69) is 4.98 Å². The first-order valence-electron chi connectivity index (χ1n) is 9.63. The maximum Gasteiger partial charge on any atom is 0.336 e. The molecule has 1 aliphatic carbocycles. The Morgan fingerprint density at radius 3 is 2.70 bits per heavy atom. The lowest BCUT2D eigenvalue weighted by Crippen LogP contribution is -2.04. The van der Waals surface area contributed by atoms with Crippen LogP contribution in [0.4, 0.5) is 0 Å². The van der Waals surface area contributed by atoms with Crippen molar-refractivity contribution >= 4 is 28.5 Å². The molecule has 0 saturated heterocycles. The predicted octanol–water partition coefficient (Wildman–Crippen LogP) is 4.86. The van der Waals surface area contributed by atoms with Crippen LogP contribution >= 0.6 is 0 Å². The molecule has 0 unspecified atom stereocenters. The monoisotopic (exact) mass is 397 g/mol. The van der Waals surface area contributed by atoms with Crippen LogP contribution in [0.5, 0.6) is 11.5 Å². The average Bonchev–Trinajstić information content (AvgIpc) is 3.29. The molecule has 0 spiro atoms. The number of hydrogen-bond acceptors (Lipinski definition) is 4. The fourth-order valence-corrected chi connectivity index (χ4v) is 3.97. The number of hydrogen-bond donors (Lipinski definition) is 1. The minimum atomic E-state index is -0.938. The standard InChI is InChI=1S/C24H19N3O3/c1-14-6-8-16(9-7-14)30-21-5-3-4-18-22(21)26-27(2)23(18)15-12-19-17(24(28)29)10-11-25-20(19)13-15/h3-11,13H,12H2,1-2H3,(H,28,29). The van der Waals surface area contributed by atoms with Crippen LogP contribution in [0.25, 0.3) is 22.6 Å². The Morgan fingerprint density at radius 2 is 1.93 bits per heavy atom. The second-order valence-corrected chi connectivity index (χ2v) is 7.41. The number of ether oxygens (including phenoxy) is 1. The second-order valence-electron chi connectivity index (χ2n) is 7.41. The number of aromatic carboxylic acids is 1. The van der Waals surface area contributed by atoms with E-state index >= 15 is 0 Å². The molecule has 1 N–H and O–H groups in total. The summed E-state index contributed by atoms with van der Waals surface area (Å²) in [6.07, 6.45) is 3.99. The van der Waals surface area contributed by atoms with Crippen LogP contribution < -0.4 is 4.74 Å². The fraction of sp³-hybridized carbons (Fsp3) is 0.125.